The molecule has 2 rings (SSSR count). The summed E-state index contributed by atoms with van der Waals surface area (Å²) in [6.07, 6.45) is 1.16. The number of nitrogens with zero attached hydrogens (tertiary/aromatic N) is 1. The molecule has 1 aliphatic rings. The fourth-order valence-electron chi connectivity index (χ4n) is 2.34. The zero-order chi connectivity index (χ0) is 14.5. The summed E-state index contributed by atoms with van der Waals surface area (Å²) in [7, 11) is 1.26. The number of rotatable bonds is 3. The Balaban J connectivity index is 2.09. The second kappa shape index (κ2) is 7.09. The van der Waals surface area contributed by atoms with Gasteiger partial charge in [0.15, 0.2) is 0 Å². The zero-order valence-corrected chi connectivity index (χ0v) is 12.7. The van der Waals surface area contributed by atoms with Crippen molar-refractivity contribution in [2.45, 2.75) is 25.9 Å². The number of thioether (sulfide) groups is 1. The van der Waals surface area contributed by atoms with Gasteiger partial charge >= 0.3 is 5.97 Å². The molecule has 1 aliphatic heterocycles. The maximum atomic E-state index is 13.9. The van der Waals surface area contributed by atoms with Crippen molar-refractivity contribution >= 4 is 17.7 Å². The van der Waals surface area contributed by atoms with E-state index in [-0.39, 0.29) is 5.56 Å². The average molecular weight is 297 g/mol. The Bertz CT molecular complexity index is 481. The average Bonchev–Trinajstić information content (AvgIpc) is 2.64. The van der Waals surface area contributed by atoms with Crippen LogP contribution in [0.25, 0.3) is 0 Å². The van der Waals surface area contributed by atoms with Crippen LogP contribution in [0.5, 0.6) is 0 Å². The first-order valence-corrected chi connectivity index (χ1v) is 7.96. The molecular formula is C15H20FNO2S. The van der Waals surface area contributed by atoms with Crippen LogP contribution in [0.2, 0.25) is 0 Å². The van der Waals surface area contributed by atoms with Crippen molar-refractivity contribution in [3.63, 3.8) is 0 Å². The van der Waals surface area contributed by atoms with Crippen LogP contribution in [-0.4, -0.2) is 42.1 Å². The molecule has 0 amide bonds. The second-order valence-electron chi connectivity index (χ2n) is 5.03. The fraction of sp³-hybridized carbons (Fsp3) is 0.533. The Morgan fingerprint density at radius 3 is 3.00 bits per heavy atom. The van der Waals surface area contributed by atoms with Crippen LogP contribution in [0.15, 0.2) is 18.2 Å². The van der Waals surface area contributed by atoms with Crippen LogP contribution in [-0.2, 0) is 11.3 Å². The van der Waals surface area contributed by atoms with Gasteiger partial charge in [-0.25, -0.2) is 9.18 Å². The summed E-state index contributed by atoms with van der Waals surface area (Å²) in [5.74, 6) is 1.17. The number of carbonyl (C=O) groups is 1. The van der Waals surface area contributed by atoms with Crippen molar-refractivity contribution in [1.29, 1.82) is 0 Å². The molecule has 1 saturated heterocycles. The van der Waals surface area contributed by atoms with Crippen molar-refractivity contribution < 1.29 is 13.9 Å². The van der Waals surface area contributed by atoms with Gasteiger partial charge in [0.2, 0.25) is 0 Å². The van der Waals surface area contributed by atoms with E-state index in [0.29, 0.717) is 6.04 Å². The lowest BCUT2D eigenvalue weighted by Gasteiger charge is -2.26. The minimum absolute atomic E-state index is 0.00396. The van der Waals surface area contributed by atoms with E-state index in [0.717, 1.165) is 30.8 Å². The molecular weight excluding hydrogens is 277 g/mol. The summed E-state index contributed by atoms with van der Waals surface area (Å²) >= 11 is 1.97. The van der Waals surface area contributed by atoms with Crippen LogP contribution in [0.3, 0.4) is 0 Å². The number of methoxy groups -OCH3 is 1. The number of halogens is 1. The largest absolute Gasteiger partial charge is 0.465 e. The van der Waals surface area contributed by atoms with Crippen molar-refractivity contribution in [3.05, 3.63) is 35.1 Å². The lowest BCUT2D eigenvalue weighted by atomic mass is 10.1. The van der Waals surface area contributed by atoms with Crippen LogP contribution >= 0.6 is 11.8 Å². The molecule has 1 aromatic rings. The lowest BCUT2D eigenvalue weighted by molar-refractivity contribution is 0.0595. The molecule has 0 aromatic heterocycles. The van der Waals surface area contributed by atoms with Crippen LogP contribution in [0.1, 0.15) is 29.3 Å². The van der Waals surface area contributed by atoms with Crippen LogP contribution < -0.4 is 0 Å². The molecule has 0 N–H and O–H groups in total. The Morgan fingerprint density at radius 1 is 1.50 bits per heavy atom. The van der Waals surface area contributed by atoms with E-state index in [1.807, 2.05) is 11.8 Å². The molecule has 0 radical (unpaired) electrons. The molecule has 20 heavy (non-hydrogen) atoms. The van der Waals surface area contributed by atoms with Gasteiger partial charge in [-0.2, -0.15) is 11.8 Å². The molecule has 1 atom stereocenters. The molecule has 0 spiro atoms. The predicted octanol–water partition coefficient (Wildman–Crippen LogP) is 2.94. The molecule has 1 aromatic carbocycles. The van der Waals surface area contributed by atoms with E-state index in [1.165, 1.54) is 25.0 Å². The molecule has 0 aliphatic carbocycles. The third-order valence-corrected chi connectivity index (χ3v) is 4.65. The molecule has 0 unspecified atom stereocenters. The zero-order valence-electron chi connectivity index (χ0n) is 11.9. The Morgan fingerprint density at radius 2 is 2.30 bits per heavy atom. The lowest BCUT2D eigenvalue weighted by Crippen LogP contribution is -2.33. The molecule has 1 heterocycles. The number of hydrogen-bond acceptors (Lipinski definition) is 4. The van der Waals surface area contributed by atoms with E-state index in [4.69, 9.17) is 0 Å². The quantitative estimate of drug-likeness (QED) is 0.802. The Labute approximate surface area is 123 Å². The van der Waals surface area contributed by atoms with E-state index in [9.17, 15) is 9.18 Å². The minimum atomic E-state index is -0.631. The smallest absolute Gasteiger partial charge is 0.340 e. The summed E-state index contributed by atoms with van der Waals surface area (Å²) in [6.45, 7) is 3.96. The number of hydrogen-bond donors (Lipinski definition) is 0. The topological polar surface area (TPSA) is 29.5 Å². The van der Waals surface area contributed by atoms with Crippen molar-refractivity contribution in [2.24, 2.45) is 0 Å². The van der Waals surface area contributed by atoms with Gasteiger partial charge in [-0.1, -0.05) is 6.07 Å². The highest BCUT2D eigenvalue weighted by molar-refractivity contribution is 7.99. The van der Waals surface area contributed by atoms with Gasteiger partial charge in [0.1, 0.15) is 5.82 Å². The Hall–Kier alpha value is -1.07. The van der Waals surface area contributed by atoms with Gasteiger partial charge in [-0.15, -0.1) is 0 Å². The van der Waals surface area contributed by atoms with Gasteiger partial charge in [-0.3, -0.25) is 4.90 Å². The maximum Gasteiger partial charge on any atom is 0.340 e. The van der Waals surface area contributed by atoms with E-state index < -0.39 is 11.8 Å². The maximum absolute atomic E-state index is 13.9. The normalized spacial score (nSPS) is 20.4. The van der Waals surface area contributed by atoms with E-state index >= 15 is 0 Å². The SMILES string of the molecule is COC(=O)c1ccc(CN2CCSCC[C@H]2C)cc1F. The second-order valence-corrected chi connectivity index (χ2v) is 6.25. The van der Waals surface area contributed by atoms with Crippen molar-refractivity contribution in [1.82, 2.24) is 4.90 Å². The summed E-state index contributed by atoms with van der Waals surface area (Å²) in [4.78, 5) is 13.7. The van der Waals surface area contributed by atoms with Gasteiger partial charge < -0.3 is 4.74 Å². The molecule has 0 saturated carbocycles. The highest BCUT2D eigenvalue weighted by atomic mass is 32.2. The first kappa shape index (κ1) is 15.3. The standard InChI is InChI=1S/C15H20FNO2S/c1-11-5-7-20-8-6-17(11)10-12-3-4-13(14(16)9-12)15(18)19-2/h3-4,9,11H,5-8,10H2,1-2H3/t11-/m1/s1. The number of ether oxygens (including phenoxy) is 1. The predicted molar refractivity (Wildman–Crippen MR) is 79.6 cm³/mol. The first-order chi connectivity index (χ1) is 9.61. The van der Waals surface area contributed by atoms with Gasteiger partial charge in [-0.05, 0) is 36.8 Å². The molecule has 1 fully saturated rings. The molecule has 5 heteroatoms. The van der Waals surface area contributed by atoms with E-state index in [2.05, 4.69) is 16.6 Å². The molecule has 0 bridgehead atoms. The van der Waals surface area contributed by atoms with Crippen molar-refractivity contribution in [3.8, 4) is 0 Å². The number of esters is 1. The van der Waals surface area contributed by atoms with Crippen LogP contribution in [0.4, 0.5) is 4.39 Å². The summed E-state index contributed by atoms with van der Waals surface area (Å²) in [5.41, 5.74) is 0.893. The van der Waals surface area contributed by atoms with Gasteiger partial charge in [0, 0.05) is 24.9 Å². The van der Waals surface area contributed by atoms with E-state index in [1.54, 1.807) is 6.07 Å². The van der Waals surface area contributed by atoms with Crippen LogP contribution in [0, 0.1) is 5.82 Å². The Kier molecular flexibility index (Phi) is 5.43. The first-order valence-electron chi connectivity index (χ1n) is 6.80. The summed E-state index contributed by atoms with van der Waals surface area (Å²) < 4.78 is 18.4. The third-order valence-electron chi connectivity index (χ3n) is 3.65. The third kappa shape index (κ3) is 3.73. The highest BCUT2D eigenvalue weighted by Gasteiger charge is 2.18. The van der Waals surface area contributed by atoms with Gasteiger partial charge in [0.05, 0.1) is 12.7 Å². The number of benzene rings is 1. The molecule has 3 nitrogen and oxygen atoms in total. The van der Waals surface area contributed by atoms with Gasteiger partial charge in [0.25, 0.3) is 0 Å². The fourth-order valence-corrected chi connectivity index (χ4v) is 3.42. The summed E-state index contributed by atoms with van der Waals surface area (Å²) in [6, 6.07) is 5.26. The minimum Gasteiger partial charge on any atom is -0.465 e. The number of carbonyl (C=O) groups excluding carboxylic acids is 1. The molecule has 110 valence electrons. The van der Waals surface area contributed by atoms with Crippen molar-refractivity contribution in [2.75, 3.05) is 25.2 Å². The summed E-state index contributed by atoms with van der Waals surface area (Å²) in [5, 5.41) is 0. The monoisotopic (exact) mass is 297 g/mol. The highest BCUT2D eigenvalue weighted by Crippen LogP contribution is 2.20.